The number of carbonyl (C=O) groups is 3. The fraction of sp³-hybridized carbons (Fsp3) is 0.333. The van der Waals surface area contributed by atoms with Crippen LogP contribution >= 0.6 is 11.8 Å². The fourth-order valence-corrected chi connectivity index (χ4v) is 6.82. The Balaban J connectivity index is 1.30. The Labute approximate surface area is 243 Å². The minimum Gasteiger partial charge on any atom is -0.508 e. The zero-order chi connectivity index (χ0) is 28.5. The molecule has 6 rings (SSSR count). The number of carbonyl (C=O) groups excluding carboxylic acids is 3. The SMILES string of the molecule is CN1CC(=O)N2C(Cc3ccc(O)cc3)C(=O)N(CC3=CC=CC4SC=NC34)CC2N1C(=O)NCc1ccccc1. The molecular weight excluding hydrogens is 540 g/mol. The number of likely N-dealkylation sites (N-methyl/N-ethyl adjacent to an activating group) is 1. The second kappa shape index (κ2) is 11.4. The number of piperazine rings is 1. The average molecular weight is 573 g/mol. The molecule has 11 heteroatoms. The van der Waals surface area contributed by atoms with Crippen LogP contribution in [0.2, 0.25) is 0 Å². The largest absolute Gasteiger partial charge is 0.508 e. The van der Waals surface area contributed by atoms with Crippen molar-refractivity contribution >= 4 is 35.2 Å². The van der Waals surface area contributed by atoms with E-state index in [1.165, 1.54) is 0 Å². The third-order valence-corrected chi connectivity index (χ3v) is 8.89. The number of amides is 4. The highest BCUT2D eigenvalue weighted by molar-refractivity contribution is 8.13. The number of aromatic hydroxyl groups is 1. The van der Waals surface area contributed by atoms with Crippen molar-refractivity contribution in [3.63, 3.8) is 0 Å². The molecule has 0 aromatic heterocycles. The number of aliphatic imine (C=N–C) groups is 1. The van der Waals surface area contributed by atoms with Crippen molar-refractivity contribution in [2.24, 2.45) is 4.99 Å². The van der Waals surface area contributed by atoms with Gasteiger partial charge in [0.1, 0.15) is 18.0 Å². The van der Waals surface area contributed by atoms with Crippen LogP contribution in [0.25, 0.3) is 0 Å². The summed E-state index contributed by atoms with van der Waals surface area (Å²) in [6.45, 7) is 0.841. The average Bonchev–Trinajstić information content (AvgIpc) is 3.46. The van der Waals surface area contributed by atoms with E-state index in [0.717, 1.165) is 16.7 Å². The van der Waals surface area contributed by atoms with Crippen LogP contribution in [0, 0.1) is 0 Å². The van der Waals surface area contributed by atoms with E-state index in [4.69, 9.17) is 0 Å². The number of nitrogens with one attached hydrogen (secondary N) is 1. The van der Waals surface area contributed by atoms with Crippen LogP contribution in [-0.4, -0.2) is 98.5 Å². The van der Waals surface area contributed by atoms with Crippen molar-refractivity contribution in [2.75, 3.05) is 26.7 Å². The summed E-state index contributed by atoms with van der Waals surface area (Å²) in [5, 5.41) is 16.2. The second-order valence-electron chi connectivity index (χ2n) is 10.6. The molecule has 2 aromatic rings. The van der Waals surface area contributed by atoms with Crippen LogP contribution in [0.4, 0.5) is 4.79 Å². The van der Waals surface area contributed by atoms with E-state index in [9.17, 15) is 19.5 Å². The van der Waals surface area contributed by atoms with Gasteiger partial charge in [-0.3, -0.25) is 14.6 Å². The lowest BCUT2D eigenvalue weighted by Gasteiger charge is -2.54. The van der Waals surface area contributed by atoms with Gasteiger partial charge >= 0.3 is 6.03 Å². The predicted molar refractivity (Wildman–Crippen MR) is 157 cm³/mol. The van der Waals surface area contributed by atoms with Crippen molar-refractivity contribution in [2.45, 2.75) is 36.5 Å². The number of phenols is 1. The Morgan fingerprint density at radius 3 is 2.66 bits per heavy atom. The summed E-state index contributed by atoms with van der Waals surface area (Å²) in [6, 6.07) is 15.1. The number of hydrogen-bond donors (Lipinski definition) is 2. The second-order valence-corrected chi connectivity index (χ2v) is 11.6. The van der Waals surface area contributed by atoms with E-state index in [0.29, 0.717) is 13.1 Å². The number of nitrogens with zero attached hydrogens (tertiary/aromatic N) is 5. The maximum absolute atomic E-state index is 14.1. The van der Waals surface area contributed by atoms with Crippen molar-refractivity contribution in [1.29, 1.82) is 0 Å². The van der Waals surface area contributed by atoms with Gasteiger partial charge in [-0.25, -0.2) is 14.8 Å². The van der Waals surface area contributed by atoms with Crippen LogP contribution in [0.1, 0.15) is 11.1 Å². The van der Waals surface area contributed by atoms with Crippen LogP contribution in [0.5, 0.6) is 5.75 Å². The first-order chi connectivity index (χ1) is 19.9. The number of thioether (sulfide) groups is 1. The molecular formula is C30H32N6O4S. The quantitative estimate of drug-likeness (QED) is 0.551. The van der Waals surface area contributed by atoms with Crippen molar-refractivity contribution in [1.82, 2.24) is 25.1 Å². The summed E-state index contributed by atoms with van der Waals surface area (Å²) in [5.41, 5.74) is 4.66. The van der Waals surface area contributed by atoms with Gasteiger partial charge in [-0.15, -0.1) is 11.8 Å². The Kier molecular flexibility index (Phi) is 7.55. The summed E-state index contributed by atoms with van der Waals surface area (Å²) < 4.78 is 0. The predicted octanol–water partition coefficient (Wildman–Crippen LogP) is 2.38. The molecule has 2 N–H and O–H groups in total. The van der Waals surface area contributed by atoms with E-state index in [2.05, 4.69) is 16.4 Å². The highest BCUT2D eigenvalue weighted by Gasteiger charge is 2.51. The van der Waals surface area contributed by atoms with Gasteiger partial charge in [0.25, 0.3) is 0 Å². The summed E-state index contributed by atoms with van der Waals surface area (Å²) in [5.74, 6) is -0.251. The summed E-state index contributed by atoms with van der Waals surface area (Å²) in [7, 11) is 1.72. The number of urea groups is 1. The first-order valence-corrected chi connectivity index (χ1v) is 14.6. The molecule has 212 valence electrons. The lowest BCUT2D eigenvalue weighted by atomic mass is 9.95. The van der Waals surface area contributed by atoms with E-state index >= 15 is 0 Å². The van der Waals surface area contributed by atoms with Crippen LogP contribution in [0.15, 0.2) is 83.4 Å². The fourth-order valence-electron chi connectivity index (χ4n) is 5.90. The van der Waals surface area contributed by atoms with Crippen molar-refractivity contribution in [3.05, 3.63) is 89.5 Å². The molecule has 4 unspecified atom stereocenters. The number of benzene rings is 2. The summed E-state index contributed by atoms with van der Waals surface area (Å²) >= 11 is 1.66. The number of phenolic OH excluding ortho intramolecular Hbond substituents is 1. The van der Waals surface area contributed by atoms with Crippen LogP contribution in [-0.2, 0) is 22.6 Å². The molecule has 2 fully saturated rings. The molecule has 1 aliphatic carbocycles. The molecule has 4 atom stereocenters. The topological polar surface area (TPSA) is 109 Å². The number of allylic oxidation sites excluding steroid dienone is 2. The first kappa shape index (κ1) is 27.1. The van der Waals surface area contributed by atoms with Gasteiger partial charge in [0.05, 0.1) is 29.9 Å². The van der Waals surface area contributed by atoms with Gasteiger partial charge in [0.15, 0.2) is 0 Å². The standard InChI is InChI=1S/C30H32N6O4S/c1-33-18-27(38)35-24(14-20-10-12-23(37)13-11-20)29(39)34(16-22-8-5-9-25-28(22)32-19-41-25)17-26(35)36(33)30(40)31-15-21-6-3-2-4-7-21/h2-13,19,24-26,28,37H,14-18H2,1H3,(H,31,40). The van der Waals surface area contributed by atoms with Crippen molar-refractivity contribution in [3.8, 4) is 5.75 Å². The number of rotatable bonds is 6. The molecule has 2 saturated heterocycles. The number of hydrazine groups is 1. The van der Waals surface area contributed by atoms with Gasteiger partial charge < -0.3 is 20.2 Å². The molecule has 10 nitrogen and oxygen atoms in total. The lowest BCUT2D eigenvalue weighted by Crippen LogP contribution is -2.76. The molecule has 41 heavy (non-hydrogen) atoms. The third-order valence-electron chi connectivity index (χ3n) is 7.91. The van der Waals surface area contributed by atoms with E-state index in [1.54, 1.807) is 62.9 Å². The smallest absolute Gasteiger partial charge is 0.334 e. The minimum absolute atomic E-state index is 0.0275. The Bertz CT molecular complexity index is 1410. The highest BCUT2D eigenvalue weighted by atomic mass is 32.2. The van der Waals surface area contributed by atoms with Crippen molar-refractivity contribution < 1.29 is 19.5 Å². The normalized spacial score (nSPS) is 25.7. The molecule has 0 spiro atoms. The molecule has 0 saturated carbocycles. The maximum atomic E-state index is 14.1. The molecule has 3 aliphatic heterocycles. The first-order valence-electron chi connectivity index (χ1n) is 13.6. The van der Waals surface area contributed by atoms with E-state index in [1.807, 2.05) is 48.0 Å². The van der Waals surface area contributed by atoms with Gasteiger partial charge in [-0.2, -0.15) is 0 Å². The van der Waals surface area contributed by atoms with Gasteiger partial charge in [-0.05, 0) is 28.8 Å². The zero-order valence-electron chi connectivity index (χ0n) is 22.7. The monoisotopic (exact) mass is 572 g/mol. The highest BCUT2D eigenvalue weighted by Crippen LogP contribution is 2.33. The molecule has 4 aliphatic rings. The third kappa shape index (κ3) is 5.47. The Morgan fingerprint density at radius 2 is 1.88 bits per heavy atom. The minimum atomic E-state index is -0.805. The molecule has 2 aromatic carbocycles. The summed E-state index contributed by atoms with van der Waals surface area (Å²) in [6.07, 6.45) is 5.72. The van der Waals surface area contributed by atoms with E-state index < -0.39 is 12.2 Å². The van der Waals surface area contributed by atoms with Gasteiger partial charge in [0.2, 0.25) is 11.8 Å². The van der Waals surface area contributed by atoms with Crippen LogP contribution < -0.4 is 5.32 Å². The van der Waals surface area contributed by atoms with Crippen LogP contribution in [0.3, 0.4) is 0 Å². The molecule has 0 radical (unpaired) electrons. The molecule has 4 amide bonds. The summed E-state index contributed by atoms with van der Waals surface area (Å²) in [4.78, 5) is 49.2. The Hall–Kier alpha value is -4.09. The zero-order valence-corrected chi connectivity index (χ0v) is 23.5. The lowest BCUT2D eigenvalue weighted by molar-refractivity contribution is -0.186. The molecule has 0 bridgehead atoms. The Morgan fingerprint density at radius 1 is 1.10 bits per heavy atom. The van der Waals surface area contributed by atoms with Gasteiger partial charge in [-0.1, -0.05) is 60.7 Å². The maximum Gasteiger partial charge on any atom is 0.334 e. The molecule has 3 heterocycles. The number of fused-ring (bicyclic) bond motifs is 2. The van der Waals surface area contributed by atoms with E-state index in [-0.39, 0.29) is 54.4 Å². The van der Waals surface area contributed by atoms with Gasteiger partial charge in [0, 0.05) is 26.6 Å². The number of hydrogen-bond acceptors (Lipinski definition) is 7.